The fraction of sp³-hybridized carbons (Fsp3) is 1.00. The Morgan fingerprint density at radius 1 is 1.23 bits per heavy atom. The first-order chi connectivity index (χ1) is 6.29. The second-order valence-corrected chi connectivity index (χ2v) is 3.46. The van der Waals surface area contributed by atoms with E-state index in [4.69, 9.17) is 9.47 Å². The average molecular weight is 188 g/mol. The number of ether oxygens (including phenoxy) is 2. The van der Waals surface area contributed by atoms with Crippen LogP contribution in [0.3, 0.4) is 0 Å². The minimum absolute atomic E-state index is 0.392. The molecule has 1 N–H and O–H groups in total. The van der Waals surface area contributed by atoms with Crippen molar-refractivity contribution < 1.29 is 14.6 Å². The molecule has 13 heavy (non-hydrogen) atoms. The first-order valence-electron chi connectivity index (χ1n) is 5.20. The Morgan fingerprint density at radius 3 is 2.08 bits per heavy atom. The highest BCUT2D eigenvalue weighted by molar-refractivity contribution is 4.79. The Kier molecular flexibility index (Phi) is 4.70. The second-order valence-electron chi connectivity index (χ2n) is 3.46. The summed E-state index contributed by atoms with van der Waals surface area (Å²) in [6.45, 7) is 5.02. The molecular weight excluding hydrogens is 168 g/mol. The van der Waals surface area contributed by atoms with Crippen LogP contribution in [0.25, 0.3) is 0 Å². The Balaban J connectivity index is 2.32. The summed E-state index contributed by atoms with van der Waals surface area (Å²) in [5.74, 6) is 0.392. The zero-order valence-electron chi connectivity index (χ0n) is 8.53. The van der Waals surface area contributed by atoms with E-state index in [-0.39, 0.29) is 0 Å². The normalized spacial score (nSPS) is 20.3. The average Bonchev–Trinajstić information content (AvgIpc) is 2.01. The minimum atomic E-state index is -0.436. The Hall–Kier alpha value is -0.120. The van der Waals surface area contributed by atoms with Gasteiger partial charge in [0, 0.05) is 13.2 Å². The summed E-state index contributed by atoms with van der Waals surface area (Å²) >= 11 is 0. The van der Waals surface area contributed by atoms with Crippen molar-refractivity contribution in [2.24, 2.45) is 5.92 Å². The first-order valence-corrected chi connectivity index (χ1v) is 5.20. The van der Waals surface area contributed by atoms with Crippen LogP contribution in [0.5, 0.6) is 0 Å². The lowest BCUT2D eigenvalue weighted by atomic mass is 9.81. The monoisotopic (exact) mass is 188 g/mol. The second kappa shape index (κ2) is 5.58. The summed E-state index contributed by atoms with van der Waals surface area (Å²) in [5.41, 5.74) is 0. The van der Waals surface area contributed by atoms with Gasteiger partial charge in [-0.3, -0.25) is 0 Å². The lowest BCUT2D eigenvalue weighted by Crippen LogP contribution is -2.40. The van der Waals surface area contributed by atoms with Crippen LogP contribution >= 0.6 is 0 Å². The van der Waals surface area contributed by atoms with Crippen LogP contribution < -0.4 is 0 Å². The summed E-state index contributed by atoms with van der Waals surface area (Å²) < 4.78 is 10.7. The zero-order valence-corrected chi connectivity index (χ0v) is 8.53. The third-order valence-corrected chi connectivity index (χ3v) is 2.57. The van der Waals surface area contributed by atoms with Crippen LogP contribution in [0.1, 0.15) is 33.1 Å². The highest BCUT2D eigenvalue weighted by atomic mass is 16.7. The van der Waals surface area contributed by atoms with E-state index in [0.717, 1.165) is 12.8 Å². The molecule has 0 saturated heterocycles. The van der Waals surface area contributed by atoms with Gasteiger partial charge in [0.1, 0.15) is 6.10 Å². The van der Waals surface area contributed by atoms with Crippen molar-refractivity contribution in [1.82, 2.24) is 0 Å². The van der Waals surface area contributed by atoms with E-state index in [1.807, 2.05) is 13.8 Å². The van der Waals surface area contributed by atoms with Gasteiger partial charge in [-0.1, -0.05) is 6.42 Å². The van der Waals surface area contributed by atoms with Crippen LogP contribution in [0, 0.1) is 5.92 Å². The fourth-order valence-electron chi connectivity index (χ4n) is 1.58. The molecule has 0 aromatic rings. The number of hydrogen-bond acceptors (Lipinski definition) is 3. The molecule has 0 radical (unpaired) electrons. The van der Waals surface area contributed by atoms with E-state index in [1.165, 1.54) is 6.42 Å². The van der Waals surface area contributed by atoms with E-state index in [2.05, 4.69) is 0 Å². The Morgan fingerprint density at radius 2 is 1.77 bits per heavy atom. The van der Waals surface area contributed by atoms with Gasteiger partial charge in [-0.25, -0.2) is 0 Å². The highest BCUT2D eigenvalue weighted by Gasteiger charge is 2.32. The molecule has 0 spiro atoms. The summed E-state index contributed by atoms with van der Waals surface area (Å²) in [7, 11) is 0. The summed E-state index contributed by atoms with van der Waals surface area (Å²) in [5, 5.41) is 9.84. The van der Waals surface area contributed by atoms with Crippen LogP contribution in [-0.2, 0) is 9.47 Å². The van der Waals surface area contributed by atoms with Crippen molar-refractivity contribution in [3.63, 3.8) is 0 Å². The Bertz CT molecular complexity index is 128. The molecule has 0 aromatic carbocycles. The van der Waals surface area contributed by atoms with Crippen LogP contribution in [0.15, 0.2) is 0 Å². The topological polar surface area (TPSA) is 38.7 Å². The lowest BCUT2D eigenvalue weighted by Gasteiger charge is -2.34. The van der Waals surface area contributed by atoms with Crippen molar-refractivity contribution in [2.75, 3.05) is 13.2 Å². The maximum Gasteiger partial charge on any atom is 0.183 e. The van der Waals surface area contributed by atoms with Crippen LogP contribution in [-0.4, -0.2) is 30.7 Å². The van der Waals surface area contributed by atoms with Crippen LogP contribution in [0.2, 0.25) is 0 Å². The van der Waals surface area contributed by atoms with Gasteiger partial charge in [0.05, 0.1) is 0 Å². The molecule has 1 atom stereocenters. The van der Waals surface area contributed by atoms with E-state index >= 15 is 0 Å². The molecule has 3 heteroatoms. The summed E-state index contributed by atoms with van der Waals surface area (Å²) in [6.07, 6.45) is 2.59. The number of aliphatic hydroxyl groups excluding tert-OH is 1. The molecule has 0 bridgehead atoms. The molecule has 1 rings (SSSR count). The van der Waals surface area contributed by atoms with E-state index in [9.17, 15) is 5.11 Å². The predicted molar refractivity (Wildman–Crippen MR) is 50.4 cm³/mol. The zero-order chi connectivity index (χ0) is 9.68. The fourth-order valence-corrected chi connectivity index (χ4v) is 1.58. The number of hydrogen-bond donors (Lipinski definition) is 1. The van der Waals surface area contributed by atoms with Gasteiger partial charge in [-0.15, -0.1) is 0 Å². The summed E-state index contributed by atoms with van der Waals surface area (Å²) in [4.78, 5) is 0. The molecule has 1 saturated carbocycles. The number of rotatable bonds is 6. The van der Waals surface area contributed by atoms with Crippen LogP contribution in [0.4, 0.5) is 0 Å². The van der Waals surface area contributed by atoms with Gasteiger partial charge in [-0.2, -0.15) is 0 Å². The molecule has 0 aromatic heterocycles. The third kappa shape index (κ3) is 2.93. The molecule has 0 aliphatic heterocycles. The maximum absolute atomic E-state index is 9.84. The van der Waals surface area contributed by atoms with Crippen molar-refractivity contribution in [3.05, 3.63) is 0 Å². The summed E-state index contributed by atoms with van der Waals surface area (Å²) in [6, 6.07) is 0. The van der Waals surface area contributed by atoms with Crippen molar-refractivity contribution in [1.29, 1.82) is 0 Å². The largest absolute Gasteiger partial charge is 0.388 e. The predicted octanol–water partition coefficient (Wildman–Crippen LogP) is 1.55. The van der Waals surface area contributed by atoms with Crippen molar-refractivity contribution in [3.8, 4) is 0 Å². The highest BCUT2D eigenvalue weighted by Crippen LogP contribution is 2.31. The first kappa shape index (κ1) is 11.0. The SMILES string of the molecule is CCOC(OCC)C(O)C1CCC1. The van der Waals surface area contributed by atoms with E-state index in [0.29, 0.717) is 19.1 Å². The molecule has 78 valence electrons. The molecule has 0 amide bonds. The van der Waals surface area contributed by atoms with Gasteiger partial charge in [0.25, 0.3) is 0 Å². The maximum atomic E-state index is 9.84. The quantitative estimate of drug-likeness (QED) is 0.643. The standard InChI is InChI=1S/C10H20O3/c1-3-12-10(13-4-2)9(11)8-6-5-7-8/h8-11H,3-7H2,1-2H3. The molecule has 1 aliphatic carbocycles. The smallest absolute Gasteiger partial charge is 0.183 e. The molecular formula is C10H20O3. The molecule has 1 aliphatic rings. The van der Waals surface area contributed by atoms with Crippen molar-refractivity contribution in [2.45, 2.75) is 45.5 Å². The van der Waals surface area contributed by atoms with Gasteiger partial charge in [0.15, 0.2) is 6.29 Å². The van der Waals surface area contributed by atoms with Gasteiger partial charge < -0.3 is 14.6 Å². The molecule has 1 unspecified atom stereocenters. The number of aliphatic hydroxyl groups is 1. The molecule has 1 fully saturated rings. The van der Waals surface area contributed by atoms with E-state index < -0.39 is 12.4 Å². The third-order valence-electron chi connectivity index (χ3n) is 2.57. The Labute approximate surface area is 80.0 Å². The van der Waals surface area contributed by atoms with E-state index in [1.54, 1.807) is 0 Å². The van der Waals surface area contributed by atoms with Crippen molar-refractivity contribution >= 4 is 0 Å². The van der Waals surface area contributed by atoms with Gasteiger partial charge in [-0.05, 0) is 32.6 Å². The van der Waals surface area contributed by atoms with Gasteiger partial charge >= 0.3 is 0 Å². The molecule has 0 heterocycles. The minimum Gasteiger partial charge on any atom is -0.388 e. The van der Waals surface area contributed by atoms with Gasteiger partial charge in [0.2, 0.25) is 0 Å². The molecule has 3 nitrogen and oxygen atoms in total. The lowest BCUT2D eigenvalue weighted by molar-refractivity contribution is -0.208.